The second-order valence-corrected chi connectivity index (χ2v) is 2.81. The Morgan fingerprint density at radius 2 is 2.40 bits per heavy atom. The number of carbonyl (C=O) groups is 1. The van der Waals surface area contributed by atoms with E-state index < -0.39 is 0 Å². The van der Waals surface area contributed by atoms with E-state index in [0.717, 1.165) is 32.2 Å². The average molecular weight is 142 g/mol. The van der Waals surface area contributed by atoms with Crippen molar-refractivity contribution in [1.82, 2.24) is 5.32 Å². The molecule has 1 aliphatic rings. The molecule has 58 valence electrons. The maximum atomic E-state index is 10.4. The van der Waals surface area contributed by atoms with Crippen LogP contribution in [0.1, 0.15) is 12.8 Å². The molecule has 0 spiro atoms. The van der Waals surface area contributed by atoms with E-state index in [1.54, 1.807) is 0 Å². The van der Waals surface area contributed by atoms with Gasteiger partial charge in [0.2, 0.25) is 0 Å². The summed E-state index contributed by atoms with van der Waals surface area (Å²) in [4.78, 5) is 10.4. The molecule has 0 aromatic rings. The van der Waals surface area contributed by atoms with Gasteiger partial charge in [-0.2, -0.15) is 0 Å². The van der Waals surface area contributed by atoms with E-state index in [1.807, 2.05) is 0 Å². The Balaban J connectivity index is 2.43. The standard InChI is InChI=1S/C7H14N2O/c8-7-2-1-3-9-4-6(7)5-10/h5-7,9H,1-4,8H2. The zero-order valence-electron chi connectivity index (χ0n) is 6.05. The summed E-state index contributed by atoms with van der Waals surface area (Å²) in [6.45, 7) is 1.75. The average Bonchev–Trinajstić information content (AvgIpc) is 2.13. The number of carbonyl (C=O) groups excluding carboxylic acids is 1. The van der Waals surface area contributed by atoms with Gasteiger partial charge in [0.1, 0.15) is 6.29 Å². The zero-order chi connectivity index (χ0) is 7.40. The van der Waals surface area contributed by atoms with Crippen molar-refractivity contribution in [2.24, 2.45) is 11.7 Å². The van der Waals surface area contributed by atoms with E-state index >= 15 is 0 Å². The Kier molecular flexibility index (Phi) is 2.83. The van der Waals surface area contributed by atoms with Crippen LogP contribution in [0.2, 0.25) is 0 Å². The Hall–Kier alpha value is -0.410. The van der Waals surface area contributed by atoms with Gasteiger partial charge in [-0.1, -0.05) is 0 Å². The maximum Gasteiger partial charge on any atom is 0.125 e. The highest BCUT2D eigenvalue weighted by molar-refractivity contribution is 5.55. The minimum atomic E-state index is 0.0301. The van der Waals surface area contributed by atoms with E-state index in [2.05, 4.69) is 5.32 Å². The van der Waals surface area contributed by atoms with Crippen molar-refractivity contribution in [2.75, 3.05) is 13.1 Å². The maximum absolute atomic E-state index is 10.4. The third-order valence-corrected chi connectivity index (χ3v) is 2.00. The van der Waals surface area contributed by atoms with E-state index in [1.165, 1.54) is 0 Å². The Morgan fingerprint density at radius 1 is 1.60 bits per heavy atom. The Bertz CT molecular complexity index is 116. The monoisotopic (exact) mass is 142 g/mol. The minimum absolute atomic E-state index is 0.0301. The van der Waals surface area contributed by atoms with Crippen LogP contribution in [-0.4, -0.2) is 25.4 Å². The highest BCUT2D eigenvalue weighted by Crippen LogP contribution is 2.07. The topological polar surface area (TPSA) is 55.1 Å². The molecule has 0 bridgehead atoms. The predicted octanol–water partition coefficient (Wildman–Crippen LogP) is -0.488. The van der Waals surface area contributed by atoms with Crippen molar-refractivity contribution in [1.29, 1.82) is 0 Å². The van der Waals surface area contributed by atoms with Crippen LogP contribution in [0.3, 0.4) is 0 Å². The van der Waals surface area contributed by atoms with Gasteiger partial charge < -0.3 is 15.8 Å². The molecule has 0 saturated carbocycles. The fourth-order valence-electron chi connectivity index (χ4n) is 1.25. The van der Waals surface area contributed by atoms with Crippen LogP contribution in [0.5, 0.6) is 0 Å². The molecular formula is C7H14N2O. The summed E-state index contributed by atoms with van der Waals surface area (Å²) in [5.74, 6) is 0.0301. The van der Waals surface area contributed by atoms with Gasteiger partial charge in [0.15, 0.2) is 0 Å². The summed E-state index contributed by atoms with van der Waals surface area (Å²) in [6, 6.07) is 0.0764. The summed E-state index contributed by atoms with van der Waals surface area (Å²) in [6.07, 6.45) is 3.02. The molecule has 1 saturated heterocycles. The number of aldehydes is 1. The van der Waals surface area contributed by atoms with Crippen molar-refractivity contribution in [2.45, 2.75) is 18.9 Å². The van der Waals surface area contributed by atoms with E-state index in [4.69, 9.17) is 5.73 Å². The molecule has 1 aliphatic heterocycles. The van der Waals surface area contributed by atoms with Crippen LogP contribution in [0.15, 0.2) is 0 Å². The molecule has 2 atom stereocenters. The molecule has 10 heavy (non-hydrogen) atoms. The molecule has 0 aliphatic carbocycles. The minimum Gasteiger partial charge on any atom is -0.327 e. The molecular weight excluding hydrogens is 128 g/mol. The number of hydrogen-bond donors (Lipinski definition) is 2. The normalized spacial score (nSPS) is 34.9. The van der Waals surface area contributed by atoms with Crippen molar-refractivity contribution >= 4 is 6.29 Å². The molecule has 0 radical (unpaired) electrons. The fourth-order valence-corrected chi connectivity index (χ4v) is 1.25. The van der Waals surface area contributed by atoms with Crippen LogP contribution in [0.25, 0.3) is 0 Å². The van der Waals surface area contributed by atoms with Gasteiger partial charge in [0.05, 0.1) is 0 Å². The summed E-state index contributed by atoms with van der Waals surface area (Å²) < 4.78 is 0. The number of nitrogens with two attached hydrogens (primary N) is 1. The lowest BCUT2D eigenvalue weighted by Gasteiger charge is -2.13. The van der Waals surface area contributed by atoms with Gasteiger partial charge >= 0.3 is 0 Å². The van der Waals surface area contributed by atoms with Crippen LogP contribution < -0.4 is 11.1 Å². The summed E-state index contributed by atoms with van der Waals surface area (Å²) in [7, 11) is 0. The Labute approximate surface area is 61.0 Å². The number of nitrogens with one attached hydrogen (secondary N) is 1. The SMILES string of the molecule is NC1CCCNCC1C=O. The predicted molar refractivity (Wildman–Crippen MR) is 39.6 cm³/mol. The van der Waals surface area contributed by atoms with E-state index in [-0.39, 0.29) is 12.0 Å². The third kappa shape index (κ3) is 1.78. The van der Waals surface area contributed by atoms with Crippen LogP contribution in [0, 0.1) is 5.92 Å². The smallest absolute Gasteiger partial charge is 0.125 e. The molecule has 2 unspecified atom stereocenters. The second kappa shape index (κ2) is 3.68. The van der Waals surface area contributed by atoms with Crippen molar-refractivity contribution in [3.63, 3.8) is 0 Å². The number of hydrogen-bond acceptors (Lipinski definition) is 3. The molecule has 1 rings (SSSR count). The van der Waals surface area contributed by atoms with Crippen molar-refractivity contribution < 1.29 is 4.79 Å². The van der Waals surface area contributed by atoms with Crippen molar-refractivity contribution in [3.8, 4) is 0 Å². The lowest BCUT2D eigenvalue weighted by atomic mass is 10.00. The quantitative estimate of drug-likeness (QED) is 0.486. The van der Waals surface area contributed by atoms with Crippen molar-refractivity contribution in [3.05, 3.63) is 0 Å². The lowest BCUT2D eigenvalue weighted by Crippen LogP contribution is -2.34. The number of rotatable bonds is 1. The summed E-state index contributed by atoms with van der Waals surface area (Å²) in [5.41, 5.74) is 5.72. The first-order chi connectivity index (χ1) is 4.84. The fraction of sp³-hybridized carbons (Fsp3) is 0.857. The largest absolute Gasteiger partial charge is 0.327 e. The highest BCUT2D eigenvalue weighted by Gasteiger charge is 2.18. The van der Waals surface area contributed by atoms with Gasteiger partial charge in [-0.3, -0.25) is 0 Å². The third-order valence-electron chi connectivity index (χ3n) is 2.00. The zero-order valence-corrected chi connectivity index (χ0v) is 6.05. The van der Waals surface area contributed by atoms with Crippen LogP contribution in [0.4, 0.5) is 0 Å². The molecule has 0 aromatic carbocycles. The molecule has 0 amide bonds. The molecule has 1 fully saturated rings. The molecule has 3 nitrogen and oxygen atoms in total. The van der Waals surface area contributed by atoms with Gasteiger partial charge in [-0.15, -0.1) is 0 Å². The summed E-state index contributed by atoms with van der Waals surface area (Å²) >= 11 is 0. The summed E-state index contributed by atoms with van der Waals surface area (Å²) in [5, 5.41) is 3.17. The molecule has 1 heterocycles. The molecule has 3 N–H and O–H groups in total. The van der Waals surface area contributed by atoms with Gasteiger partial charge in [0.25, 0.3) is 0 Å². The van der Waals surface area contributed by atoms with Gasteiger partial charge in [-0.05, 0) is 19.4 Å². The lowest BCUT2D eigenvalue weighted by molar-refractivity contribution is -0.111. The first-order valence-electron chi connectivity index (χ1n) is 3.76. The van der Waals surface area contributed by atoms with E-state index in [0.29, 0.717) is 0 Å². The van der Waals surface area contributed by atoms with Crippen LogP contribution in [-0.2, 0) is 4.79 Å². The molecule has 3 heteroatoms. The second-order valence-electron chi connectivity index (χ2n) is 2.81. The first-order valence-corrected chi connectivity index (χ1v) is 3.76. The van der Waals surface area contributed by atoms with Crippen LogP contribution >= 0.6 is 0 Å². The molecule has 0 aromatic heterocycles. The van der Waals surface area contributed by atoms with Gasteiger partial charge in [-0.25, -0.2) is 0 Å². The van der Waals surface area contributed by atoms with Gasteiger partial charge in [0, 0.05) is 18.5 Å². The van der Waals surface area contributed by atoms with E-state index in [9.17, 15) is 4.79 Å². The Morgan fingerprint density at radius 3 is 3.10 bits per heavy atom. The first kappa shape index (κ1) is 7.69. The highest BCUT2D eigenvalue weighted by atomic mass is 16.1.